The Hall–Kier alpha value is -0.830. The molecule has 1 aromatic heterocycles. The lowest BCUT2D eigenvalue weighted by Gasteiger charge is -2.18. The summed E-state index contributed by atoms with van der Waals surface area (Å²) in [7, 11) is 0. The Bertz CT molecular complexity index is 375. The number of anilines is 1. The zero-order chi connectivity index (χ0) is 11.1. The zero-order valence-corrected chi connectivity index (χ0v) is 10.2. The molecule has 1 aliphatic heterocycles. The normalized spacial score (nSPS) is 28.5. The molecule has 0 unspecified atom stereocenters. The van der Waals surface area contributed by atoms with Gasteiger partial charge in [-0.25, -0.2) is 9.97 Å². The summed E-state index contributed by atoms with van der Waals surface area (Å²) in [5, 5.41) is 0.555. The van der Waals surface area contributed by atoms with E-state index in [2.05, 4.69) is 14.9 Å². The van der Waals surface area contributed by atoms with Crippen molar-refractivity contribution >= 4 is 17.4 Å². The second-order valence-corrected chi connectivity index (χ2v) is 5.34. The monoisotopic (exact) mass is 237 g/mol. The molecule has 0 amide bonds. The van der Waals surface area contributed by atoms with Crippen molar-refractivity contribution < 1.29 is 0 Å². The van der Waals surface area contributed by atoms with Crippen molar-refractivity contribution in [1.29, 1.82) is 0 Å². The quantitative estimate of drug-likeness (QED) is 0.704. The number of aromatic nitrogens is 2. The minimum atomic E-state index is 0.555. The summed E-state index contributed by atoms with van der Waals surface area (Å²) in [6.07, 6.45) is 4.19. The lowest BCUT2D eigenvalue weighted by Crippen LogP contribution is -2.22. The number of rotatable bonds is 1. The highest BCUT2D eigenvalue weighted by Gasteiger charge is 2.36. The summed E-state index contributed by atoms with van der Waals surface area (Å²) in [6, 6.07) is 1.88. The van der Waals surface area contributed by atoms with Crippen LogP contribution in [0, 0.1) is 18.8 Å². The average Bonchev–Trinajstić information content (AvgIpc) is 2.74. The number of aryl methyl sites for hydroxylation is 1. The number of nitrogens with zero attached hydrogens (tertiary/aromatic N) is 3. The van der Waals surface area contributed by atoms with Gasteiger partial charge in [0, 0.05) is 19.2 Å². The lowest BCUT2D eigenvalue weighted by molar-refractivity contribution is 0.494. The molecule has 3 rings (SSSR count). The minimum Gasteiger partial charge on any atom is -0.356 e. The van der Waals surface area contributed by atoms with Crippen LogP contribution in [0.4, 0.5) is 5.82 Å². The second kappa shape index (κ2) is 3.88. The van der Waals surface area contributed by atoms with E-state index in [0.717, 1.165) is 36.6 Å². The summed E-state index contributed by atoms with van der Waals surface area (Å²) in [4.78, 5) is 10.9. The number of halogens is 1. The van der Waals surface area contributed by atoms with Crippen LogP contribution < -0.4 is 4.90 Å². The smallest absolute Gasteiger partial charge is 0.134 e. The summed E-state index contributed by atoms with van der Waals surface area (Å²) in [6.45, 7) is 4.20. The maximum Gasteiger partial charge on any atom is 0.134 e. The first-order valence-electron chi connectivity index (χ1n) is 5.98. The molecule has 2 aliphatic rings. The molecule has 2 fully saturated rings. The average molecular weight is 238 g/mol. The topological polar surface area (TPSA) is 29.0 Å². The van der Waals surface area contributed by atoms with Gasteiger partial charge in [0.2, 0.25) is 0 Å². The first kappa shape index (κ1) is 10.3. The Morgan fingerprint density at radius 3 is 2.56 bits per heavy atom. The van der Waals surface area contributed by atoms with Crippen LogP contribution in [-0.4, -0.2) is 23.1 Å². The molecule has 86 valence electrons. The molecule has 3 nitrogen and oxygen atoms in total. The number of fused-ring (bicyclic) bond motifs is 1. The van der Waals surface area contributed by atoms with Gasteiger partial charge in [-0.15, -0.1) is 0 Å². The van der Waals surface area contributed by atoms with Crippen molar-refractivity contribution in [2.75, 3.05) is 18.0 Å². The Kier molecular flexibility index (Phi) is 2.51. The largest absolute Gasteiger partial charge is 0.356 e. The fraction of sp³-hybridized carbons (Fsp3) is 0.667. The van der Waals surface area contributed by atoms with E-state index >= 15 is 0 Å². The van der Waals surface area contributed by atoms with Gasteiger partial charge in [-0.3, -0.25) is 0 Å². The molecule has 1 saturated heterocycles. The second-order valence-electron chi connectivity index (χ2n) is 4.95. The van der Waals surface area contributed by atoms with Crippen LogP contribution >= 0.6 is 11.6 Å². The van der Waals surface area contributed by atoms with E-state index < -0.39 is 0 Å². The lowest BCUT2D eigenvalue weighted by atomic mass is 10.0. The van der Waals surface area contributed by atoms with Crippen molar-refractivity contribution in [3.8, 4) is 0 Å². The first-order chi connectivity index (χ1) is 7.72. The third-order valence-electron chi connectivity index (χ3n) is 3.84. The Labute approximate surface area is 101 Å². The fourth-order valence-electron chi connectivity index (χ4n) is 3.10. The highest BCUT2D eigenvalue weighted by atomic mass is 35.5. The van der Waals surface area contributed by atoms with E-state index in [9.17, 15) is 0 Å². The van der Waals surface area contributed by atoms with E-state index in [4.69, 9.17) is 11.6 Å². The predicted octanol–water partition coefficient (Wildman–Crippen LogP) is 2.67. The SMILES string of the molecule is Cc1nc(Cl)cc(N2C[C@H]3CCC[C@@H]3C2)n1. The maximum absolute atomic E-state index is 5.97. The van der Waals surface area contributed by atoms with Gasteiger partial charge < -0.3 is 4.90 Å². The van der Waals surface area contributed by atoms with Crippen LogP contribution in [0.5, 0.6) is 0 Å². The van der Waals surface area contributed by atoms with Crippen LogP contribution in [0.3, 0.4) is 0 Å². The van der Waals surface area contributed by atoms with Crippen LogP contribution in [-0.2, 0) is 0 Å². The highest BCUT2D eigenvalue weighted by Crippen LogP contribution is 2.39. The van der Waals surface area contributed by atoms with Crippen molar-refractivity contribution in [2.45, 2.75) is 26.2 Å². The van der Waals surface area contributed by atoms with E-state index in [1.807, 2.05) is 13.0 Å². The Morgan fingerprint density at radius 1 is 1.25 bits per heavy atom. The molecule has 0 spiro atoms. The van der Waals surface area contributed by atoms with E-state index in [0.29, 0.717) is 5.15 Å². The van der Waals surface area contributed by atoms with Gasteiger partial charge >= 0.3 is 0 Å². The Balaban J connectivity index is 1.83. The molecule has 1 saturated carbocycles. The molecular formula is C12H16ClN3. The molecular weight excluding hydrogens is 222 g/mol. The van der Waals surface area contributed by atoms with Gasteiger partial charge in [0.25, 0.3) is 0 Å². The molecule has 4 heteroatoms. The van der Waals surface area contributed by atoms with Crippen LogP contribution in [0.2, 0.25) is 5.15 Å². The molecule has 0 bridgehead atoms. The highest BCUT2D eigenvalue weighted by molar-refractivity contribution is 6.29. The Morgan fingerprint density at radius 2 is 1.94 bits per heavy atom. The van der Waals surface area contributed by atoms with Crippen LogP contribution in [0.25, 0.3) is 0 Å². The first-order valence-corrected chi connectivity index (χ1v) is 6.36. The molecule has 1 aromatic rings. The van der Waals surface area contributed by atoms with Gasteiger partial charge in [0.05, 0.1) is 0 Å². The van der Waals surface area contributed by atoms with Crippen molar-refractivity contribution in [3.63, 3.8) is 0 Å². The van der Waals surface area contributed by atoms with Crippen molar-refractivity contribution in [3.05, 3.63) is 17.0 Å². The third-order valence-corrected chi connectivity index (χ3v) is 4.04. The summed E-state index contributed by atoms with van der Waals surface area (Å²) in [5.41, 5.74) is 0. The van der Waals surface area contributed by atoms with Crippen molar-refractivity contribution in [2.24, 2.45) is 11.8 Å². The molecule has 0 aromatic carbocycles. The molecule has 2 heterocycles. The molecule has 1 aliphatic carbocycles. The zero-order valence-electron chi connectivity index (χ0n) is 9.49. The number of hydrogen-bond donors (Lipinski definition) is 0. The fourth-order valence-corrected chi connectivity index (χ4v) is 3.32. The maximum atomic E-state index is 5.97. The minimum absolute atomic E-state index is 0.555. The van der Waals surface area contributed by atoms with Gasteiger partial charge in [0.1, 0.15) is 16.8 Å². The standard InChI is InChI=1S/C12H16ClN3/c1-8-14-11(13)5-12(15-8)16-6-9-3-2-4-10(9)7-16/h5,9-10H,2-4,6-7H2,1H3/t9-,10-/m1/s1. The van der Waals surface area contributed by atoms with Gasteiger partial charge in [0.15, 0.2) is 0 Å². The molecule has 0 N–H and O–H groups in total. The summed E-state index contributed by atoms with van der Waals surface area (Å²) in [5.74, 6) is 3.54. The van der Waals surface area contributed by atoms with E-state index in [1.54, 1.807) is 0 Å². The number of hydrogen-bond acceptors (Lipinski definition) is 3. The summed E-state index contributed by atoms with van der Waals surface area (Å²) >= 11 is 5.97. The molecule has 0 radical (unpaired) electrons. The van der Waals surface area contributed by atoms with E-state index in [1.165, 1.54) is 19.3 Å². The van der Waals surface area contributed by atoms with Crippen molar-refractivity contribution in [1.82, 2.24) is 9.97 Å². The van der Waals surface area contributed by atoms with E-state index in [-0.39, 0.29) is 0 Å². The van der Waals surface area contributed by atoms with Gasteiger partial charge in [-0.1, -0.05) is 18.0 Å². The molecule has 16 heavy (non-hydrogen) atoms. The summed E-state index contributed by atoms with van der Waals surface area (Å²) < 4.78 is 0. The van der Waals surface area contributed by atoms with Gasteiger partial charge in [-0.2, -0.15) is 0 Å². The van der Waals surface area contributed by atoms with Crippen LogP contribution in [0.15, 0.2) is 6.07 Å². The van der Waals surface area contributed by atoms with Crippen LogP contribution in [0.1, 0.15) is 25.1 Å². The van der Waals surface area contributed by atoms with Gasteiger partial charge in [-0.05, 0) is 31.6 Å². The predicted molar refractivity (Wildman–Crippen MR) is 64.8 cm³/mol. The third kappa shape index (κ3) is 1.77. The molecule has 2 atom stereocenters.